The summed E-state index contributed by atoms with van der Waals surface area (Å²) in [7, 11) is 0. The Morgan fingerprint density at radius 1 is 0.526 bits per heavy atom. The molecule has 0 aromatic heterocycles. The van der Waals surface area contributed by atoms with Gasteiger partial charge in [0.2, 0.25) is 0 Å². The molecule has 0 aliphatic heterocycles. The number of hydrogen-bond acceptors (Lipinski definition) is 3. The second-order valence-corrected chi connectivity index (χ2v) is 5.62. The molecule has 0 aromatic rings. The molecule has 3 heteroatoms. The second-order valence-electron chi connectivity index (χ2n) is 5.62. The van der Waals surface area contributed by atoms with Gasteiger partial charge in [0.05, 0.1) is 0 Å². The van der Waals surface area contributed by atoms with Crippen molar-refractivity contribution in [3.8, 4) is 0 Å². The Bertz CT molecular complexity index is 175. The second kappa shape index (κ2) is 12.9. The zero-order chi connectivity index (χ0) is 14.4. The predicted molar refractivity (Wildman–Crippen MR) is 79.4 cm³/mol. The molecule has 1 radical (unpaired) electrons. The van der Waals surface area contributed by atoms with Gasteiger partial charge in [-0.2, -0.15) is 0 Å². The highest BCUT2D eigenvalue weighted by Gasteiger charge is 2.16. The molecular formula is C16H33O3. The Morgan fingerprint density at radius 3 is 1.16 bits per heavy atom. The summed E-state index contributed by atoms with van der Waals surface area (Å²) in [4.78, 5) is 0. The number of unbranched alkanes of at least 4 members (excludes halogenated alkanes) is 12. The van der Waals surface area contributed by atoms with Gasteiger partial charge < -0.3 is 15.3 Å². The Balaban J connectivity index is 2.99. The standard InChI is InChI=1S/C16H33O3/c1-2-3-4-5-6-7-8-9-10-11-12-13-14-15-16(17,18)19/h17-19H,1-15H2. The fourth-order valence-corrected chi connectivity index (χ4v) is 2.31. The van der Waals surface area contributed by atoms with Crippen molar-refractivity contribution in [2.24, 2.45) is 0 Å². The maximum absolute atomic E-state index is 8.70. The van der Waals surface area contributed by atoms with Gasteiger partial charge in [-0.05, 0) is 6.42 Å². The van der Waals surface area contributed by atoms with Gasteiger partial charge in [0.25, 0.3) is 5.97 Å². The van der Waals surface area contributed by atoms with Crippen LogP contribution in [-0.4, -0.2) is 21.3 Å². The highest BCUT2D eigenvalue weighted by atomic mass is 16.7. The van der Waals surface area contributed by atoms with Crippen LogP contribution >= 0.6 is 0 Å². The zero-order valence-corrected chi connectivity index (χ0v) is 12.4. The molecule has 0 aliphatic rings. The molecule has 0 rings (SSSR count). The Morgan fingerprint density at radius 2 is 0.842 bits per heavy atom. The van der Waals surface area contributed by atoms with E-state index in [0.29, 0.717) is 6.42 Å². The van der Waals surface area contributed by atoms with Crippen LogP contribution in [0.1, 0.15) is 89.9 Å². The molecule has 115 valence electrons. The van der Waals surface area contributed by atoms with Gasteiger partial charge >= 0.3 is 0 Å². The lowest BCUT2D eigenvalue weighted by Crippen LogP contribution is -2.26. The van der Waals surface area contributed by atoms with E-state index >= 15 is 0 Å². The molecule has 0 heterocycles. The lowest BCUT2D eigenvalue weighted by atomic mass is 10.0. The van der Waals surface area contributed by atoms with Crippen LogP contribution in [0.25, 0.3) is 0 Å². The van der Waals surface area contributed by atoms with Crippen molar-refractivity contribution >= 4 is 0 Å². The lowest BCUT2D eigenvalue weighted by Gasteiger charge is -2.12. The number of rotatable bonds is 14. The highest BCUT2D eigenvalue weighted by molar-refractivity contribution is 4.51. The van der Waals surface area contributed by atoms with E-state index in [1.165, 1.54) is 57.8 Å². The monoisotopic (exact) mass is 273 g/mol. The fraction of sp³-hybridized carbons (Fsp3) is 0.938. The van der Waals surface area contributed by atoms with E-state index in [1.807, 2.05) is 0 Å². The van der Waals surface area contributed by atoms with Gasteiger partial charge in [-0.15, -0.1) is 0 Å². The van der Waals surface area contributed by atoms with Crippen molar-refractivity contribution in [1.29, 1.82) is 0 Å². The van der Waals surface area contributed by atoms with Crippen LogP contribution in [0.15, 0.2) is 0 Å². The van der Waals surface area contributed by atoms with Crippen molar-refractivity contribution in [1.82, 2.24) is 0 Å². The van der Waals surface area contributed by atoms with Gasteiger partial charge in [0.15, 0.2) is 0 Å². The number of hydrogen-bond donors (Lipinski definition) is 3. The van der Waals surface area contributed by atoms with Crippen LogP contribution in [0.3, 0.4) is 0 Å². The summed E-state index contributed by atoms with van der Waals surface area (Å²) >= 11 is 0. The average Bonchev–Trinajstić information content (AvgIpc) is 2.34. The van der Waals surface area contributed by atoms with E-state index in [0.717, 1.165) is 19.3 Å². The quantitative estimate of drug-likeness (QED) is 0.332. The largest absolute Gasteiger partial charge is 0.344 e. The van der Waals surface area contributed by atoms with Crippen molar-refractivity contribution in [3.63, 3.8) is 0 Å². The van der Waals surface area contributed by atoms with Crippen LogP contribution in [0, 0.1) is 6.92 Å². The van der Waals surface area contributed by atoms with Gasteiger partial charge in [0, 0.05) is 6.42 Å². The van der Waals surface area contributed by atoms with Crippen molar-refractivity contribution in [2.45, 2.75) is 95.9 Å². The zero-order valence-electron chi connectivity index (χ0n) is 12.4. The maximum Gasteiger partial charge on any atom is 0.275 e. The lowest BCUT2D eigenvalue weighted by molar-refractivity contribution is -0.315. The first-order valence-electron chi connectivity index (χ1n) is 8.02. The summed E-state index contributed by atoms with van der Waals surface area (Å²) < 4.78 is 0. The summed E-state index contributed by atoms with van der Waals surface area (Å²) in [5, 5.41) is 26.1. The van der Waals surface area contributed by atoms with E-state index in [9.17, 15) is 0 Å². The third-order valence-corrected chi connectivity index (χ3v) is 3.51. The molecule has 0 spiro atoms. The Kier molecular flexibility index (Phi) is 12.8. The van der Waals surface area contributed by atoms with Crippen LogP contribution in [0.2, 0.25) is 0 Å². The molecule has 0 aliphatic carbocycles. The Labute approximate surface area is 119 Å². The van der Waals surface area contributed by atoms with E-state index < -0.39 is 5.97 Å². The molecule has 3 N–H and O–H groups in total. The highest BCUT2D eigenvalue weighted by Crippen LogP contribution is 2.14. The van der Waals surface area contributed by atoms with Gasteiger partial charge in [0.1, 0.15) is 0 Å². The topological polar surface area (TPSA) is 60.7 Å². The molecule has 0 fully saturated rings. The summed E-state index contributed by atoms with van der Waals surface area (Å²) in [6.45, 7) is 3.85. The van der Waals surface area contributed by atoms with Crippen LogP contribution in [0.4, 0.5) is 0 Å². The molecule has 0 amide bonds. The molecule has 19 heavy (non-hydrogen) atoms. The van der Waals surface area contributed by atoms with Crippen LogP contribution in [-0.2, 0) is 0 Å². The molecule has 0 atom stereocenters. The first kappa shape index (κ1) is 18.9. The first-order chi connectivity index (χ1) is 9.06. The molecule has 0 saturated heterocycles. The molecule has 0 aromatic carbocycles. The summed E-state index contributed by atoms with van der Waals surface area (Å²) in [6.07, 6.45) is 15.8. The summed E-state index contributed by atoms with van der Waals surface area (Å²) in [5.74, 6) is -2.46. The minimum absolute atomic E-state index is 0.0558. The van der Waals surface area contributed by atoms with Crippen LogP contribution in [0.5, 0.6) is 0 Å². The molecule has 0 bridgehead atoms. The summed E-state index contributed by atoms with van der Waals surface area (Å²) in [6, 6.07) is 0. The van der Waals surface area contributed by atoms with Gasteiger partial charge in [-0.3, -0.25) is 0 Å². The third kappa shape index (κ3) is 17.9. The maximum atomic E-state index is 8.70. The predicted octanol–water partition coefficient (Wildman–Crippen LogP) is 3.91. The number of aliphatic hydroxyl groups is 3. The minimum Gasteiger partial charge on any atom is -0.344 e. The third-order valence-electron chi connectivity index (χ3n) is 3.51. The van der Waals surface area contributed by atoms with E-state index in [-0.39, 0.29) is 6.42 Å². The van der Waals surface area contributed by atoms with Gasteiger partial charge in [-0.25, -0.2) is 0 Å². The molecule has 3 nitrogen and oxygen atoms in total. The first-order valence-corrected chi connectivity index (χ1v) is 8.02. The van der Waals surface area contributed by atoms with Crippen molar-refractivity contribution in [2.75, 3.05) is 0 Å². The van der Waals surface area contributed by atoms with Gasteiger partial charge in [-0.1, -0.05) is 84.0 Å². The van der Waals surface area contributed by atoms with E-state index in [2.05, 4.69) is 6.92 Å². The fourth-order valence-electron chi connectivity index (χ4n) is 2.31. The van der Waals surface area contributed by atoms with Crippen molar-refractivity contribution in [3.05, 3.63) is 6.92 Å². The minimum atomic E-state index is -2.46. The van der Waals surface area contributed by atoms with E-state index in [1.54, 1.807) is 0 Å². The SMILES string of the molecule is [CH2]CCCCCCCCCCCCCCC(O)(O)O. The smallest absolute Gasteiger partial charge is 0.275 e. The van der Waals surface area contributed by atoms with E-state index in [4.69, 9.17) is 15.3 Å². The normalized spacial score (nSPS) is 12.0. The molecular weight excluding hydrogens is 240 g/mol. The molecule has 0 unspecified atom stereocenters. The molecule has 0 saturated carbocycles. The van der Waals surface area contributed by atoms with Crippen LogP contribution < -0.4 is 0 Å². The average molecular weight is 273 g/mol. The summed E-state index contributed by atoms with van der Waals surface area (Å²) in [5.41, 5.74) is 0. The Hall–Kier alpha value is -0.120. The van der Waals surface area contributed by atoms with Crippen molar-refractivity contribution < 1.29 is 15.3 Å².